The Hall–Kier alpha value is -3.28. The smallest absolute Gasteiger partial charge is 0.0931 e. The molecule has 0 amide bonds. The van der Waals surface area contributed by atoms with Gasteiger partial charge in [0, 0.05) is 67.3 Å². The quantitative estimate of drug-likeness (QED) is 0.781. The lowest BCUT2D eigenvalue weighted by molar-refractivity contribution is 0.0732. The molecule has 1 spiro atoms. The van der Waals surface area contributed by atoms with Crippen molar-refractivity contribution in [1.82, 2.24) is 19.8 Å². The molecule has 1 fully saturated rings. The Balaban J connectivity index is 1.62. The summed E-state index contributed by atoms with van der Waals surface area (Å²) in [5, 5.41) is 0. The lowest BCUT2D eigenvalue weighted by Gasteiger charge is -2.54. The number of hydrogen-bond donors (Lipinski definition) is 0. The molecule has 30 heavy (non-hydrogen) atoms. The number of aliphatic imine (C=N–C) groups is 2. The van der Waals surface area contributed by atoms with E-state index in [0.29, 0.717) is 0 Å². The van der Waals surface area contributed by atoms with Crippen molar-refractivity contribution in [3.8, 4) is 11.3 Å². The summed E-state index contributed by atoms with van der Waals surface area (Å²) < 4.78 is 0. The van der Waals surface area contributed by atoms with Crippen molar-refractivity contribution in [2.75, 3.05) is 13.1 Å². The maximum Gasteiger partial charge on any atom is 0.0931 e. The van der Waals surface area contributed by atoms with Crippen molar-refractivity contribution in [3.63, 3.8) is 0 Å². The van der Waals surface area contributed by atoms with Crippen LogP contribution in [0.15, 0.2) is 71.4 Å². The zero-order valence-electron chi connectivity index (χ0n) is 16.8. The minimum Gasteiger partial charge on any atom is -0.366 e. The SMILES string of the molecule is C1=CN([C@@H]2CCC[C@@H](N3C=CN=CC3)C23c2ccccc2-c2nccnc23)CC=N1. The molecule has 2 aromatic rings. The van der Waals surface area contributed by atoms with Gasteiger partial charge in [-0.3, -0.25) is 20.0 Å². The fourth-order valence-corrected chi connectivity index (χ4v) is 5.96. The first-order valence-electron chi connectivity index (χ1n) is 10.7. The highest BCUT2D eigenvalue weighted by Crippen LogP contribution is 2.56. The van der Waals surface area contributed by atoms with Gasteiger partial charge < -0.3 is 9.80 Å². The van der Waals surface area contributed by atoms with Crippen LogP contribution in [-0.2, 0) is 5.41 Å². The Bertz CT molecular complexity index is 999. The highest BCUT2D eigenvalue weighted by atomic mass is 15.2. The van der Waals surface area contributed by atoms with E-state index in [4.69, 9.17) is 9.97 Å². The van der Waals surface area contributed by atoms with Crippen LogP contribution in [0.4, 0.5) is 0 Å². The summed E-state index contributed by atoms with van der Waals surface area (Å²) in [4.78, 5) is 23.4. The first-order valence-corrected chi connectivity index (χ1v) is 10.7. The summed E-state index contributed by atoms with van der Waals surface area (Å²) in [5.74, 6) is 0. The van der Waals surface area contributed by atoms with Crippen molar-refractivity contribution in [1.29, 1.82) is 0 Å². The monoisotopic (exact) mass is 396 g/mol. The fraction of sp³-hybridized carbons (Fsp3) is 0.333. The van der Waals surface area contributed by atoms with Gasteiger partial charge in [-0.05, 0) is 24.8 Å². The van der Waals surface area contributed by atoms with Crippen molar-refractivity contribution in [2.45, 2.75) is 36.8 Å². The third-order valence-corrected chi connectivity index (χ3v) is 7.01. The summed E-state index contributed by atoms with van der Waals surface area (Å²) in [7, 11) is 0. The van der Waals surface area contributed by atoms with E-state index in [9.17, 15) is 0 Å². The summed E-state index contributed by atoms with van der Waals surface area (Å²) >= 11 is 0. The van der Waals surface area contributed by atoms with Crippen molar-refractivity contribution < 1.29 is 0 Å². The molecule has 1 aromatic carbocycles. The number of rotatable bonds is 2. The highest BCUT2D eigenvalue weighted by molar-refractivity contribution is 5.78. The van der Waals surface area contributed by atoms with Gasteiger partial charge in [0.25, 0.3) is 0 Å². The van der Waals surface area contributed by atoms with Gasteiger partial charge in [0.2, 0.25) is 0 Å². The van der Waals surface area contributed by atoms with Crippen LogP contribution in [0.25, 0.3) is 11.3 Å². The molecule has 6 heteroatoms. The molecule has 1 saturated carbocycles. The van der Waals surface area contributed by atoms with Crippen molar-refractivity contribution in [3.05, 3.63) is 72.7 Å². The van der Waals surface area contributed by atoms with Crippen LogP contribution in [0.2, 0.25) is 0 Å². The molecule has 2 aliphatic heterocycles. The average molecular weight is 396 g/mol. The largest absolute Gasteiger partial charge is 0.366 e. The minimum atomic E-state index is -0.260. The first kappa shape index (κ1) is 17.6. The van der Waals surface area contributed by atoms with E-state index in [1.165, 1.54) is 17.5 Å². The summed E-state index contributed by atoms with van der Waals surface area (Å²) in [5.41, 5.74) is 4.47. The fourth-order valence-electron chi connectivity index (χ4n) is 5.96. The predicted molar refractivity (Wildman–Crippen MR) is 118 cm³/mol. The molecule has 0 radical (unpaired) electrons. The van der Waals surface area contributed by atoms with Gasteiger partial charge in [-0.2, -0.15) is 0 Å². The molecule has 6 nitrogen and oxygen atoms in total. The van der Waals surface area contributed by atoms with Crippen LogP contribution in [0, 0.1) is 0 Å². The molecule has 6 rings (SSSR count). The number of fused-ring (bicyclic) bond motifs is 5. The Morgan fingerprint density at radius 2 is 1.50 bits per heavy atom. The van der Waals surface area contributed by atoms with E-state index in [1.807, 2.05) is 37.2 Å². The standard InChI is InChI=1S/C24H24N6/c1-2-5-19-18(4-1)22-23(28-9-8-27-22)24(19)20(29-14-10-25-11-15-29)6-3-7-21(24)30-16-12-26-13-17-30/h1-2,4-5,8-14,16,20-21H,3,6-7,15,17H2/t20-,21-/m1/s1. The minimum absolute atomic E-state index is 0.260. The molecule has 2 atom stereocenters. The zero-order chi connectivity index (χ0) is 20.0. The van der Waals surface area contributed by atoms with E-state index < -0.39 is 0 Å². The Labute approximate surface area is 176 Å². The highest BCUT2D eigenvalue weighted by Gasteiger charge is 2.59. The maximum absolute atomic E-state index is 5.01. The second-order valence-electron chi connectivity index (χ2n) is 8.28. The van der Waals surface area contributed by atoms with Gasteiger partial charge in [-0.1, -0.05) is 24.3 Å². The number of benzene rings is 1. The van der Waals surface area contributed by atoms with E-state index in [2.05, 4.69) is 56.5 Å². The second-order valence-corrected chi connectivity index (χ2v) is 8.28. The van der Waals surface area contributed by atoms with E-state index in [1.54, 1.807) is 0 Å². The van der Waals surface area contributed by atoms with Crippen molar-refractivity contribution >= 4 is 12.4 Å². The molecule has 150 valence electrons. The molecule has 2 aliphatic carbocycles. The van der Waals surface area contributed by atoms with E-state index >= 15 is 0 Å². The van der Waals surface area contributed by atoms with Crippen LogP contribution in [0.3, 0.4) is 0 Å². The topological polar surface area (TPSA) is 57.0 Å². The summed E-state index contributed by atoms with van der Waals surface area (Å²) in [6, 6.07) is 9.35. The molecule has 0 N–H and O–H groups in total. The lowest BCUT2D eigenvalue weighted by atomic mass is 9.61. The molecule has 0 bridgehead atoms. The molecule has 3 heterocycles. The maximum atomic E-state index is 5.01. The van der Waals surface area contributed by atoms with E-state index in [0.717, 1.165) is 37.3 Å². The van der Waals surface area contributed by atoms with Crippen molar-refractivity contribution in [2.24, 2.45) is 9.98 Å². The Morgan fingerprint density at radius 3 is 2.17 bits per heavy atom. The lowest BCUT2D eigenvalue weighted by Crippen LogP contribution is -2.62. The number of nitrogens with zero attached hydrogens (tertiary/aromatic N) is 6. The van der Waals surface area contributed by atoms with Gasteiger partial charge in [-0.15, -0.1) is 0 Å². The number of hydrogen-bond acceptors (Lipinski definition) is 6. The normalized spacial score (nSPS) is 25.6. The van der Waals surface area contributed by atoms with Crippen LogP contribution in [0.5, 0.6) is 0 Å². The third-order valence-electron chi connectivity index (χ3n) is 7.01. The predicted octanol–water partition coefficient (Wildman–Crippen LogP) is 3.38. The average Bonchev–Trinajstić information content (AvgIpc) is 3.12. The Kier molecular flexibility index (Phi) is 4.04. The second kappa shape index (κ2) is 6.90. The third kappa shape index (κ3) is 2.36. The van der Waals surface area contributed by atoms with E-state index in [-0.39, 0.29) is 17.5 Å². The van der Waals surface area contributed by atoms with Crippen LogP contribution in [0.1, 0.15) is 30.5 Å². The van der Waals surface area contributed by atoms with Gasteiger partial charge in [-0.25, -0.2) is 0 Å². The van der Waals surface area contributed by atoms with Gasteiger partial charge in [0.15, 0.2) is 0 Å². The van der Waals surface area contributed by atoms with Crippen LogP contribution >= 0.6 is 0 Å². The molecule has 0 unspecified atom stereocenters. The van der Waals surface area contributed by atoms with Gasteiger partial charge in [0.05, 0.1) is 29.9 Å². The first-order chi connectivity index (χ1) is 14.9. The number of aromatic nitrogens is 2. The van der Waals surface area contributed by atoms with Crippen LogP contribution in [-0.4, -0.2) is 57.4 Å². The summed E-state index contributed by atoms with van der Waals surface area (Å²) in [6.45, 7) is 1.65. The molecule has 4 aliphatic rings. The Morgan fingerprint density at radius 1 is 0.833 bits per heavy atom. The molecule has 0 saturated heterocycles. The molecular formula is C24H24N6. The van der Waals surface area contributed by atoms with Gasteiger partial charge in [0.1, 0.15) is 0 Å². The van der Waals surface area contributed by atoms with Gasteiger partial charge >= 0.3 is 0 Å². The molecule has 1 aromatic heterocycles. The zero-order valence-corrected chi connectivity index (χ0v) is 16.8. The molecular weight excluding hydrogens is 372 g/mol. The summed E-state index contributed by atoms with van der Waals surface area (Å²) in [6.07, 6.45) is 19.2. The van der Waals surface area contributed by atoms with Crippen LogP contribution < -0.4 is 0 Å².